The summed E-state index contributed by atoms with van der Waals surface area (Å²) in [7, 11) is 0. The fraction of sp³-hybridized carbons (Fsp3) is 0.571. The zero-order valence-corrected chi connectivity index (χ0v) is 14.9. The van der Waals surface area contributed by atoms with Crippen molar-refractivity contribution in [3.8, 4) is 0 Å². The predicted octanol–water partition coefficient (Wildman–Crippen LogP) is 4.69. The summed E-state index contributed by atoms with van der Waals surface area (Å²) in [5.74, 6) is 1.37. The molecule has 0 saturated heterocycles. The molecule has 1 unspecified atom stereocenters. The van der Waals surface area contributed by atoms with E-state index in [0.29, 0.717) is 30.2 Å². The molecule has 0 spiro atoms. The third-order valence-electron chi connectivity index (χ3n) is 5.09. The fourth-order valence-electron chi connectivity index (χ4n) is 4.13. The van der Waals surface area contributed by atoms with E-state index < -0.39 is 0 Å². The second kappa shape index (κ2) is 6.51. The van der Waals surface area contributed by atoms with Crippen molar-refractivity contribution in [3.05, 3.63) is 41.0 Å². The number of fused-ring (bicyclic) bond motifs is 2. The molecule has 1 atom stereocenters. The first-order chi connectivity index (χ1) is 11.0. The molecule has 0 radical (unpaired) electrons. The lowest BCUT2D eigenvalue weighted by atomic mass is 9.87. The highest BCUT2D eigenvalue weighted by Gasteiger charge is 2.36. The van der Waals surface area contributed by atoms with Crippen LogP contribution in [0.2, 0.25) is 0 Å². The van der Waals surface area contributed by atoms with Crippen molar-refractivity contribution >= 4 is 11.5 Å². The summed E-state index contributed by atoms with van der Waals surface area (Å²) in [5, 5.41) is 0. The number of carbonyl (C=O) groups excluding carboxylic acids is 1. The summed E-state index contributed by atoms with van der Waals surface area (Å²) in [4.78, 5) is 15.0. The van der Waals surface area contributed by atoms with Crippen LogP contribution in [0, 0.1) is 11.8 Å². The number of rotatable bonds is 4. The van der Waals surface area contributed by atoms with Crippen molar-refractivity contribution in [2.45, 2.75) is 59.4 Å². The number of hydrogen-bond donors (Lipinski definition) is 0. The lowest BCUT2D eigenvalue weighted by molar-refractivity contribution is -0.134. The van der Waals surface area contributed by atoms with Crippen LogP contribution >= 0.6 is 0 Å². The molecule has 23 heavy (non-hydrogen) atoms. The van der Waals surface area contributed by atoms with Gasteiger partial charge in [0.05, 0.1) is 6.04 Å². The van der Waals surface area contributed by atoms with Gasteiger partial charge in [0.25, 0.3) is 0 Å². The van der Waals surface area contributed by atoms with Crippen molar-refractivity contribution in [1.29, 1.82) is 0 Å². The Hall–Kier alpha value is -1.57. The van der Waals surface area contributed by atoms with E-state index in [-0.39, 0.29) is 0 Å². The van der Waals surface area contributed by atoms with Gasteiger partial charge >= 0.3 is 0 Å². The molecule has 0 saturated carbocycles. The van der Waals surface area contributed by atoms with Crippen LogP contribution in [0.5, 0.6) is 0 Å². The van der Waals surface area contributed by atoms with Crippen LogP contribution in [0.25, 0.3) is 5.57 Å². The number of carbonyl (C=O) groups is 1. The maximum atomic E-state index is 12.8. The number of nitrogens with zero attached hydrogens (tertiary/aromatic N) is 1. The van der Waals surface area contributed by atoms with Gasteiger partial charge in [-0.2, -0.15) is 0 Å². The Morgan fingerprint density at radius 3 is 2.61 bits per heavy atom. The van der Waals surface area contributed by atoms with E-state index in [2.05, 4.69) is 56.9 Å². The highest BCUT2D eigenvalue weighted by Crippen LogP contribution is 2.42. The molecule has 3 rings (SSSR count). The van der Waals surface area contributed by atoms with Gasteiger partial charge in [0.1, 0.15) is 0 Å². The topological polar surface area (TPSA) is 20.3 Å². The Morgan fingerprint density at radius 1 is 1.17 bits per heavy atom. The van der Waals surface area contributed by atoms with Gasteiger partial charge in [-0.3, -0.25) is 4.79 Å². The lowest BCUT2D eigenvalue weighted by Crippen LogP contribution is -2.45. The summed E-state index contributed by atoms with van der Waals surface area (Å²) in [6.45, 7) is 9.69. The van der Waals surface area contributed by atoms with Crippen LogP contribution in [-0.4, -0.2) is 23.4 Å². The van der Waals surface area contributed by atoms with Crippen molar-refractivity contribution in [2.75, 3.05) is 6.54 Å². The number of benzene rings is 1. The first-order valence-electron chi connectivity index (χ1n) is 9.07. The van der Waals surface area contributed by atoms with E-state index in [4.69, 9.17) is 0 Å². The molecular formula is C21H29NO. The second-order valence-corrected chi connectivity index (χ2v) is 7.92. The molecule has 0 N–H and O–H groups in total. The average molecular weight is 311 g/mol. The van der Waals surface area contributed by atoms with E-state index in [1.54, 1.807) is 0 Å². The van der Waals surface area contributed by atoms with Crippen molar-refractivity contribution in [1.82, 2.24) is 4.90 Å². The smallest absolute Gasteiger partial charge is 0.223 e. The Kier molecular flexibility index (Phi) is 4.61. The molecule has 0 fully saturated rings. The Balaban J connectivity index is 1.91. The van der Waals surface area contributed by atoms with Crippen LogP contribution in [0.1, 0.15) is 58.1 Å². The van der Waals surface area contributed by atoms with Crippen molar-refractivity contribution in [2.24, 2.45) is 11.8 Å². The van der Waals surface area contributed by atoms with E-state index in [1.165, 1.54) is 22.3 Å². The Bertz CT molecular complexity index is 626. The third kappa shape index (κ3) is 3.22. The van der Waals surface area contributed by atoms with Crippen LogP contribution in [-0.2, 0) is 11.2 Å². The minimum Gasteiger partial charge on any atom is -0.336 e. The van der Waals surface area contributed by atoms with Gasteiger partial charge in [-0.05, 0) is 53.4 Å². The molecule has 1 aliphatic heterocycles. The molecule has 1 heterocycles. The zero-order chi connectivity index (χ0) is 16.6. The van der Waals surface area contributed by atoms with Crippen LogP contribution in [0.3, 0.4) is 0 Å². The van der Waals surface area contributed by atoms with E-state index in [0.717, 1.165) is 25.8 Å². The van der Waals surface area contributed by atoms with Gasteiger partial charge in [0.15, 0.2) is 0 Å². The summed E-state index contributed by atoms with van der Waals surface area (Å²) >= 11 is 0. The van der Waals surface area contributed by atoms with Gasteiger partial charge in [-0.15, -0.1) is 0 Å². The first-order valence-corrected chi connectivity index (χ1v) is 9.07. The van der Waals surface area contributed by atoms with E-state index in [1.807, 2.05) is 0 Å². The first kappa shape index (κ1) is 16.3. The molecule has 1 aliphatic carbocycles. The standard InChI is InChI=1S/C21H29NO/c1-14(2)11-20-19-13-16-7-5-6-8-17(16)18(19)9-10-22(20)21(23)12-15(3)4/h5-8,14-15,20H,9-13H2,1-4H3. The minimum atomic E-state index is 0.303. The SMILES string of the molecule is CC(C)CC(=O)N1CCC2=C(Cc3ccccc32)C1CC(C)C. The molecule has 0 bridgehead atoms. The quantitative estimate of drug-likeness (QED) is 0.790. The van der Waals surface area contributed by atoms with Gasteiger partial charge < -0.3 is 4.90 Å². The maximum absolute atomic E-state index is 12.8. The highest BCUT2D eigenvalue weighted by molar-refractivity contribution is 5.83. The number of amides is 1. The van der Waals surface area contributed by atoms with Crippen LogP contribution in [0.4, 0.5) is 0 Å². The summed E-state index contributed by atoms with van der Waals surface area (Å²) < 4.78 is 0. The van der Waals surface area contributed by atoms with Gasteiger partial charge in [0, 0.05) is 13.0 Å². The maximum Gasteiger partial charge on any atom is 0.223 e. The zero-order valence-electron chi connectivity index (χ0n) is 14.9. The predicted molar refractivity (Wildman–Crippen MR) is 96.1 cm³/mol. The number of hydrogen-bond acceptors (Lipinski definition) is 1. The van der Waals surface area contributed by atoms with Crippen molar-refractivity contribution in [3.63, 3.8) is 0 Å². The van der Waals surface area contributed by atoms with Gasteiger partial charge in [0.2, 0.25) is 5.91 Å². The van der Waals surface area contributed by atoms with Crippen molar-refractivity contribution < 1.29 is 4.79 Å². The Morgan fingerprint density at radius 2 is 1.91 bits per heavy atom. The summed E-state index contributed by atoms with van der Waals surface area (Å²) in [6, 6.07) is 9.09. The fourth-order valence-corrected chi connectivity index (χ4v) is 4.13. The molecule has 1 amide bonds. The molecule has 1 aromatic carbocycles. The minimum absolute atomic E-state index is 0.303. The van der Waals surface area contributed by atoms with E-state index in [9.17, 15) is 4.79 Å². The van der Waals surface area contributed by atoms with E-state index >= 15 is 0 Å². The monoisotopic (exact) mass is 311 g/mol. The lowest BCUT2D eigenvalue weighted by Gasteiger charge is -2.39. The summed E-state index contributed by atoms with van der Waals surface area (Å²) in [5.41, 5.74) is 5.93. The molecule has 2 nitrogen and oxygen atoms in total. The average Bonchev–Trinajstić information content (AvgIpc) is 2.85. The largest absolute Gasteiger partial charge is 0.336 e. The second-order valence-electron chi connectivity index (χ2n) is 7.92. The normalized spacial score (nSPS) is 20.3. The van der Waals surface area contributed by atoms with Gasteiger partial charge in [-0.1, -0.05) is 52.0 Å². The van der Waals surface area contributed by atoms with Crippen LogP contribution in [0.15, 0.2) is 29.8 Å². The molecule has 2 heteroatoms. The Labute approximate surface area is 140 Å². The molecule has 124 valence electrons. The molecule has 2 aliphatic rings. The molecular weight excluding hydrogens is 282 g/mol. The van der Waals surface area contributed by atoms with Gasteiger partial charge in [-0.25, -0.2) is 0 Å². The molecule has 0 aromatic heterocycles. The molecule has 1 aromatic rings. The third-order valence-corrected chi connectivity index (χ3v) is 5.09. The highest BCUT2D eigenvalue weighted by atomic mass is 16.2. The summed E-state index contributed by atoms with van der Waals surface area (Å²) in [6.07, 6.45) is 3.81. The van der Waals surface area contributed by atoms with Crippen LogP contribution < -0.4 is 0 Å².